The van der Waals surface area contributed by atoms with Gasteiger partial charge in [-0.2, -0.15) is 0 Å². The van der Waals surface area contributed by atoms with Crippen molar-refractivity contribution < 1.29 is 0 Å². The van der Waals surface area contributed by atoms with Crippen molar-refractivity contribution in [2.75, 3.05) is 18.0 Å². The molecule has 0 spiro atoms. The first kappa shape index (κ1) is 13.3. The van der Waals surface area contributed by atoms with Crippen LogP contribution in [-0.4, -0.2) is 24.1 Å². The van der Waals surface area contributed by atoms with Gasteiger partial charge in [-0.25, -0.2) is 4.98 Å². The molecule has 0 saturated carbocycles. The van der Waals surface area contributed by atoms with Gasteiger partial charge in [-0.05, 0) is 50.2 Å². The second kappa shape index (κ2) is 6.19. The van der Waals surface area contributed by atoms with Gasteiger partial charge < -0.3 is 10.6 Å². The molecule has 1 aliphatic heterocycles. The molecule has 2 rings (SSSR count). The Morgan fingerprint density at radius 1 is 1.44 bits per heavy atom. The highest BCUT2D eigenvalue weighted by molar-refractivity contribution is 5.47. The molecule has 3 heteroatoms. The van der Waals surface area contributed by atoms with Crippen LogP contribution in [0.25, 0.3) is 0 Å². The van der Waals surface area contributed by atoms with Crippen molar-refractivity contribution in [1.29, 1.82) is 0 Å². The van der Waals surface area contributed by atoms with Crippen molar-refractivity contribution in [3.63, 3.8) is 0 Å². The maximum Gasteiger partial charge on any atom is 0.131 e. The Morgan fingerprint density at radius 3 is 3.06 bits per heavy atom. The largest absolute Gasteiger partial charge is 0.356 e. The Bertz CT molecular complexity index is 376. The summed E-state index contributed by atoms with van der Waals surface area (Å²) in [5.41, 5.74) is 7.22. The van der Waals surface area contributed by atoms with Gasteiger partial charge in [0, 0.05) is 25.3 Å². The zero-order valence-electron chi connectivity index (χ0n) is 11.6. The van der Waals surface area contributed by atoms with Crippen molar-refractivity contribution in [3.05, 3.63) is 23.9 Å². The summed E-state index contributed by atoms with van der Waals surface area (Å²) in [4.78, 5) is 7.04. The Hall–Kier alpha value is -1.09. The fraction of sp³-hybridized carbons (Fsp3) is 0.667. The molecule has 2 heterocycles. The van der Waals surface area contributed by atoms with Gasteiger partial charge in [-0.3, -0.25) is 0 Å². The molecule has 0 aliphatic carbocycles. The van der Waals surface area contributed by atoms with Crippen molar-refractivity contribution in [2.45, 2.75) is 45.6 Å². The molecule has 1 saturated heterocycles. The molecular formula is C15H25N3. The van der Waals surface area contributed by atoms with Crippen LogP contribution in [0.4, 0.5) is 5.82 Å². The lowest BCUT2D eigenvalue weighted by atomic mass is 10.0. The van der Waals surface area contributed by atoms with Gasteiger partial charge in [0.25, 0.3) is 0 Å². The van der Waals surface area contributed by atoms with Gasteiger partial charge >= 0.3 is 0 Å². The Kier molecular flexibility index (Phi) is 4.59. The van der Waals surface area contributed by atoms with Crippen LogP contribution in [0, 0.1) is 5.92 Å². The van der Waals surface area contributed by atoms with Crippen LogP contribution in [-0.2, 0) is 6.42 Å². The smallest absolute Gasteiger partial charge is 0.131 e. The predicted molar refractivity (Wildman–Crippen MR) is 76.8 cm³/mol. The van der Waals surface area contributed by atoms with Crippen LogP contribution in [0.15, 0.2) is 18.3 Å². The van der Waals surface area contributed by atoms with E-state index in [2.05, 4.69) is 29.8 Å². The summed E-state index contributed by atoms with van der Waals surface area (Å²) in [5, 5.41) is 0. The van der Waals surface area contributed by atoms with Crippen LogP contribution in [0.5, 0.6) is 0 Å². The number of nitrogens with two attached hydrogens (primary N) is 1. The molecule has 0 radical (unpaired) electrons. The number of aromatic nitrogens is 1. The van der Waals surface area contributed by atoms with E-state index in [4.69, 9.17) is 5.73 Å². The molecule has 100 valence electrons. The number of anilines is 1. The minimum Gasteiger partial charge on any atom is -0.356 e. The number of hydrogen-bond acceptors (Lipinski definition) is 3. The van der Waals surface area contributed by atoms with Gasteiger partial charge in [0.05, 0.1) is 0 Å². The molecule has 1 aliphatic rings. The molecule has 2 atom stereocenters. The predicted octanol–water partition coefficient (Wildman–Crippen LogP) is 2.60. The second-order valence-electron chi connectivity index (χ2n) is 5.69. The summed E-state index contributed by atoms with van der Waals surface area (Å²) in [5.74, 6) is 2.00. The second-order valence-corrected chi connectivity index (χ2v) is 5.69. The first-order valence-corrected chi connectivity index (χ1v) is 7.11. The molecule has 2 N–H and O–H groups in total. The minimum absolute atomic E-state index is 0.193. The fourth-order valence-electron chi connectivity index (χ4n) is 2.70. The summed E-state index contributed by atoms with van der Waals surface area (Å²) < 4.78 is 0. The lowest BCUT2D eigenvalue weighted by Gasteiger charge is -2.24. The van der Waals surface area contributed by atoms with E-state index in [1.165, 1.54) is 24.8 Å². The van der Waals surface area contributed by atoms with Crippen LogP contribution in [0.2, 0.25) is 0 Å². The normalized spacial score (nSPS) is 22.6. The third-order valence-corrected chi connectivity index (χ3v) is 3.73. The summed E-state index contributed by atoms with van der Waals surface area (Å²) >= 11 is 0. The zero-order valence-corrected chi connectivity index (χ0v) is 11.6. The summed E-state index contributed by atoms with van der Waals surface area (Å²) in [6.45, 7) is 6.67. The molecule has 0 amide bonds. The molecule has 3 nitrogen and oxygen atoms in total. The third kappa shape index (κ3) is 3.45. The molecule has 1 aromatic rings. The molecule has 18 heavy (non-hydrogen) atoms. The summed E-state index contributed by atoms with van der Waals surface area (Å²) in [7, 11) is 0. The molecule has 1 fully saturated rings. The summed E-state index contributed by atoms with van der Waals surface area (Å²) in [6, 6.07) is 4.38. The van der Waals surface area contributed by atoms with Crippen LogP contribution >= 0.6 is 0 Å². The monoisotopic (exact) mass is 247 g/mol. The van der Waals surface area contributed by atoms with Crippen molar-refractivity contribution >= 4 is 5.82 Å². The summed E-state index contributed by atoms with van der Waals surface area (Å²) in [6.07, 6.45) is 6.69. The van der Waals surface area contributed by atoms with Gasteiger partial charge in [-0.1, -0.05) is 13.0 Å². The average Bonchev–Trinajstić information content (AvgIpc) is 2.54. The maximum atomic E-state index is 5.93. The van der Waals surface area contributed by atoms with Gasteiger partial charge in [0.2, 0.25) is 0 Å². The topological polar surface area (TPSA) is 42.1 Å². The first-order valence-electron chi connectivity index (χ1n) is 7.11. The highest BCUT2D eigenvalue weighted by atomic mass is 15.2. The Labute approximate surface area is 110 Å². The molecule has 0 aromatic carbocycles. The van der Waals surface area contributed by atoms with E-state index in [1.54, 1.807) is 0 Å². The molecule has 2 unspecified atom stereocenters. The van der Waals surface area contributed by atoms with E-state index in [0.29, 0.717) is 0 Å². The van der Waals surface area contributed by atoms with E-state index in [0.717, 1.165) is 31.2 Å². The number of rotatable bonds is 3. The van der Waals surface area contributed by atoms with Crippen LogP contribution < -0.4 is 10.6 Å². The molecule has 0 bridgehead atoms. The van der Waals surface area contributed by atoms with Gasteiger partial charge in [0.15, 0.2) is 0 Å². The van der Waals surface area contributed by atoms with E-state index < -0.39 is 0 Å². The number of hydrogen-bond donors (Lipinski definition) is 1. The first-order chi connectivity index (χ1) is 8.66. The third-order valence-electron chi connectivity index (χ3n) is 3.73. The van der Waals surface area contributed by atoms with Crippen molar-refractivity contribution in [3.8, 4) is 0 Å². The highest BCUT2D eigenvalue weighted by Crippen LogP contribution is 2.24. The van der Waals surface area contributed by atoms with Crippen LogP contribution in [0.3, 0.4) is 0 Å². The molecular weight excluding hydrogens is 222 g/mol. The van der Waals surface area contributed by atoms with E-state index >= 15 is 0 Å². The quantitative estimate of drug-likeness (QED) is 0.892. The number of pyridine rings is 1. The Balaban J connectivity index is 2.15. The van der Waals surface area contributed by atoms with E-state index in [9.17, 15) is 0 Å². The van der Waals surface area contributed by atoms with Gasteiger partial charge in [0.1, 0.15) is 5.82 Å². The average molecular weight is 247 g/mol. The highest BCUT2D eigenvalue weighted by Gasteiger charge is 2.17. The lowest BCUT2D eigenvalue weighted by Crippen LogP contribution is -2.28. The molecule has 1 aromatic heterocycles. The maximum absolute atomic E-state index is 5.93. The van der Waals surface area contributed by atoms with Crippen molar-refractivity contribution in [1.82, 2.24) is 4.98 Å². The minimum atomic E-state index is 0.193. The SMILES string of the molecule is CC(N)Cc1cccnc1N1CCCC(C)CC1. The lowest BCUT2D eigenvalue weighted by molar-refractivity contribution is 0.521. The standard InChI is InChI=1S/C15H25N3/c1-12-5-4-9-18(10-7-12)15-14(11-13(2)16)6-3-8-17-15/h3,6,8,12-13H,4-5,7,9-11,16H2,1-2H3. The van der Waals surface area contributed by atoms with Gasteiger partial charge in [-0.15, -0.1) is 0 Å². The van der Waals surface area contributed by atoms with Crippen LogP contribution in [0.1, 0.15) is 38.7 Å². The van der Waals surface area contributed by atoms with Crippen molar-refractivity contribution in [2.24, 2.45) is 11.7 Å². The zero-order chi connectivity index (χ0) is 13.0. The fourth-order valence-corrected chi connectivity index (χ4v) is 2.70. The number of nitrogens with zero attached hydrogens (tertiary/aromatic N) is 2. The van der Waals surface area contributed by atoms with E-state index in [-0.39, 0.29) is 6.04 Å². The Morgan fingerprint density at radius 2 is 2.28 bits per heavy atom. The van der Waals surface area contributed by atoms with E-state index in [1.807, 2.05) is 12.3 Å².